The van der Waals surface area contributed by atoms with E-state index in [0.29, 0.717) is 11.5 Å². The molecule has 0 amide bonds. The van der Waals surface area contributed by atoms with Crippen LogP contribution < -0.4 is 5.73 Å². The third kappa shape index (κ3) is 3.91. The number of tetrazole rings is 1. The first-order valence-corrected chi connectivity index (χ1v) is 6.14. The Kier molecular flexibility index (Phi) is 4.41. The Bertz CT molecular complexity index is 611. The number of halogens is 3. The zero-order valence-corrected chi connectivity index (χ0v) is 11.3. The number of nitrogens with zero attached hydrogens (tertiary/aromatic N) is 4. The number of rotatable bonds is 5. The SMILES string of the molecule is Cc1c(N)cccc1-c1nnnn1CCOCC(F)(F)F. The number of nitrogens with two attached hydrogens (primary N) is 1. The van der Waals surface area contributed by atoms with Gasteiger partial charge in [0.05, 0.1) is 13.2 Å². The van der Waals surface area contributed by atoms with E-state index in [1.807, 2.05) is 6.92 Å². The maximum Gasteiger partial charge on any atom is 0.411 e. The Morgan fingerprint density at radius 1 is 1.33 bits per heavy atom. The molecule has 0 atom stereocenters. The molecule has 1 aromatic heterocycles. The zero-order valence-electron chi connectivity index (χ0n) is 11.3. The Labute approximate surface area is 118 Å². The average molecular weight is 301 g/mol. The molecule has 1 heterocycles. The molecule has 2 N–H and O–H groups in total. The minimum Gasteiger partial charge on any atom is -0.398 e. The highest BCUT2D eigenvalue weighted by Crippen LogP contribution is 2.24. The molecule has 0 aliphatic rings. The fourth-order valence-corrected chi connectivity index (χ4v) is 1.78. The molecule has 1 aromatic carbocycles. The topological polar surface area (TPSA) is 78.9 Å². The predicted octanol–water partition coefficient (Wildman–Crippen LogP) is 1.81. The van der Waals surface area contributed by atoms with Crippen molar-refractivity contribution in [1.29, 1.82) is 0 Å². The minimum absolute atomic E-state index is 0.118. The van der Waals surface area contributed by atoms with E-state index in [4.69, 9.17) is 5.73 Å². The van der Waals surface area contributed by atoms with Gasteiger partial charge in [-0.25, -0.2) is 4.68 Å². The fourth-order valence-electron chi connectivity index (χ4n) is 1.78. The lowest BCUT2D eigenvalue weighted by Crippen LogP contribution is -2.19. The summed E-state index contributed by atoms with van der Waals surface area (Å²) in [4.78, 5) is 0. The van der Waals surface area contributed by atoms with Crippen molar-refractivity contribution in [1.82, 2.24) is 20.2 Å². The van der Waals surface area contributed by atoms with Gasteiger partial charge in [-0.05, 0) is 29.0 Å². The van der Waals surface area contributed by atoms with Crippen molar-refractivity contribution in [3.05, 3.63) is 23.8 Å². The van der Waals surface area contributed by atoms with Gasteiger partial charge in [-0.1, -0.05) is 12.1 Å². The molecule has 2 aromatic rings. The number of benzene rings is 1. The summed E-state index contributed by atoms with van der Waals surface area (Å²) in [5.74, 6) is 0.440. The van der Waals surface area contributed by atoms with Crippen LogP contribution in [0.25, 0.3) is 11.4 Å². The van der Waals surface area contributed by atoms with E-state index in [1.54, 1.807) is 18.2 Å². The van der Waals surface area contributed by atoms with Gasteiger partial charge in [0.2, 0.25) is 0 Å². The van der Waals surface area contributed by atoms with Crippen LogP contribution in [0.1, 0.15) is 5.56 Å². The van der Waals surface area contributed by atoms with E-state index < -0.39 is 12.8 Å². The second-order valence-corrected chi connectivity index (χ2v) is 4.41. The van der Waals surface area contributed by atoms with Crippen LogP contribution in [0.4, 0.5) is 18.9 Å². The maximum absolute atomic E-state index is 12.0. The summed E-state index contributed by atoms with van der Waals surface area (Å²) in [6, 6.07) is 5.31. The molecule has 0 saturated heterocycles. The molecule has 0 fully saturated rings. The molecular weight excluding hydrogens is 287 g/mol. The predicted molar refractivity (Wildman–Crippen MR) is 69.3 cm³/mol. The first-order chi connectivity index (χ1) is 9.88. The molecule has 114 valence electrons. The van der Waals surface area contributed by atoms with Crippen molar-refractivity contribution in [3.63, 3.8) is 0 Å². The highest BCUT2D eigenvalue weighted by molar-refractivity contribution is 5.67. The van der Waals surface area contributed by atoms with Crippen LogP contribution >= 0.6 is 0 Å². The van der Waals surface area contributed by atoms with Crippen LogP contribution in [-0.4, -0.2) is 39.6 Å². The van der Waals surface area contributed by atoms with Crippen LogP contribution in [0.15, 0.2) is 18.2 Å². The normalized spacial score (nSPS) is 11.8. The first-order valence-electron chi connectivity index (χ1n) is 6.14. The second-order valence-electron chi connectivity index (χ2n) is 4.41. The third-order valence-corrected chi connectivity index (χ3v) is 2.86. The second kappa shape index (κ2) is 6.08. The minimum atomic E-state index is -4.34. The van der Waals surface area contributed by atoms with E-state index in [2.05, 4.69) is 20.3 Å². The average Bonchev–Trinajstić information content (AvgIpc) is 2.85. The highest BCUT2D eigenvalue weighted by Gasteiger charge is 2.27. The number of hydrogen-bond acceptors (Lipinski definition) is 5. The number of alkyl halides is 3. The van der Waals surface area contributed by atoms with E-state index in [9.17, 15) is 13.2 Å². The van der Waals surface area contributed by atoms with Crippen molar-refractivity contribution >= 4 is 5.69 Å². The Morgan fingerprint density at radius 2 is 2.10 bits per heavy atom. The van der Waals surface area contributed by atoms with Crippen molar-refractivity contribution < 1.29 is 17.9 Å². The van der Waals surface area contributed by atoms with Crippen LogP contribution in [-0.2, 0) is 11.3 Å². The number of anilines is 1. The Morgan fingerprint density at radius 3 is 2.81 bits per heavy atom. The molecular formula is C12H14F3N5O. The lowest BCUT2D eigenvalue weighted by molar-refractivity contribution is -0.174. The first kappa shape index (κ1) is 15.2. The number of hydrogen-bond donors (Lipinski definition) is 1. The van der Waals surface area contributed by atoms with Gasteiger partial charge in [-0.3, -0.25) is 0 Å². The van der Waals surface area contributed by atoms with Gasteiger partial charge in [-0.2, -0.15) is 13.2 Å². The summed E-state index contributed by atoms with van der Waals surface area (Å²) in [5.41, 5.74) is 7.95. The van der Waals surface area contributed by atoms with Gasteiger partial charge in [0.1, 0.15) is 6.61 Å². The van der Waals surface area contributed by atoms with E-state index in [0.717, 1.165) is 11.1 Å². The zero-order chi connectivity index (χ0) is 15.5. The Hall–Kier alpha value is -2.16. The van der Waals surface area contributed by atoms with Crippen molar-refractivity contribution in [2.45, 2.75) is 19.6 Å². The standard InChI is InChI=1S/C12H14F3N5O/c1-8-9(3-2-4-10(8)16)11-17-18-19-20(11)5-6-21-7-12(13,14)15/h2-4H,5-7,16H2,1H3. The number of ether oxygens (including phenoxy) is 1. The molecule has 0 bridgehead atoms. The smallest absolute Gasteiger partial charge is 0.398 e. The van der Waals surface area contributed by atoms with Crippen LogP contribution in [0, 0.1) is 6.92 Å². The third-order valence-electron chi connectivity index (χ3n) is 2.86. The molecule has 9 heteroatoms. The summed E-state index contributed by atoms with van der Waals surface area (Å²) in [5, 5.41) is 11.2. The molecule has 0 radical (unpaired) electrons. The lowest BCUT2D eigenvalue weighted by atomic mass is 10.1. The molecule has 0 aliphatic carbocycles. The van der Waals surface area contributed by atoms with E-state index in [-0.39, 0.29) is 13.2 Å². The van der Waals surface area contributed by atoms with Gasteiger partial charge < -0.3 is 10.5 Å². The summed E-state index contributed by atoms with van der Waals surface area (Å²) in [6.45, 7) is 0.511. The van der Waals surface area contributed by atoms with Gasteiger partial charge in [0.25, 0.3) is 0 Å². The molecule has 0 unspecified atom stereocenters. The van der Waals surface area contributed by atoms with Gasteiger partial charge in [0.15, 0.2) is 5.82 Å². The van der Waals surface area contributed by atoms with E-state index >= 15 is 0 Å². The monoisotopic (exact) mass is 301 g/mol. The lowest BCUT2D eigenvalue weighted by Gasteiger charge is -2.10. The summed E-state index contributed by atoms with van der Waals surface area (Å²) >= 11 is 0. The fraction of sp³-hybridized carbons (Fsp3) is 0.417. The van der Waals surface area contributed by atoms with Gasteiger partial charge >= 0.3 is 6.18 Å². The molecule has 0 aliphatic heterocycles. The maximum atomic E-state index is 12.0. The highest BCUT2D eigenvalue weighted by atomic mass is 19.4. The molecule has 0 spiro atoms. The largest absolute Gasteiger partial charge is 0.411 e. The Balaban J connectivity index is 2.07. The van der Waals surface area contributed by atoms with Gasteiger partial charge in [-0.15, -0.1) is 5.10 Å². The van der Waals surface area contributed by atoms with Crippen LogP contribution in [0.2, 0.25) is 0 Å². The number of aromatic nitrogens is 4. The van der Waals surface area contributed by atoms with Crippen molar-refractivity contribution in [2.75, 3.05) is 18.9 Å². The number of nitrogen functional groups attached to an aromatic ring is 1. The van der Waals surface area contributed by atoms with Crippen LogP contribution in [0.5, 0.6) is 0 Å². The van der Waals surface area contributed by atoms with E-state index in [1.165, 1.54) is 4.68 Å². The summed E-state index contributed by atoms with van der Waals surface area (Å²) < 4.78 is 41.9. The molecule has 0 saturated carbocycles. The van der Waals surface area contributed by atoms with Crippen LogP contribution in [0.3, 0.4) is 0 Å². The molecule has 21 heavy (non-hydrogen) atoms. The van der Waals surface area contributed by atoms with Gasteiger partial charge in [0, 0.05) is 11.3 Å². The van der Waals surface area contributed by atoms with Crippen molar-refractivity contribution in [2.24, 2.45) is 0 Å². The molecule has 2 rings (SSSR count). The van der Waals surface area contributed by atoms with Crippen molar-refractivity contribution in [3.8, 4) is 11.4 Å². The summed E-state index contributed by atoms with van der Waals surface area (Å²) in [6.07, 6.45) is -4.34. The molecule has 6 nitrogen and oxygen atoms in total. The summed E-state index contributed by atoms with van der Waals surface area (Å²) in [7, 11) is 0. The quantitative estimate of drug-likeness (QED) is 0.673.